The SMILES string of the molecule is COCc1noc(C(C)NCc2cn(-c3ccc(Cl)cc3)nn2)n1. The molecule has 2 aromatic heterocycles. The largest absolute Gasteiger partial charge is 0.377 e. The summed E-state index contributed by atoms with van der Waals surface area (Å²) in [6.45, 7) is 2.79. The maximum atomic E-state index is 5.89. The van der Waals surface area contributed by atoms with E-state index in [-0.39, 0.29) is 6.04 Å². The maximum Gasteiger partial charge on any atom is 0.243 e. The Morgan fingerprint density at radius 1 is 1.33 bits per heavy atom. The third-order valence-corrected chi connectivity index (χ3v) is 3.60. The van der Waals surface area contributed by atoms with Crippen LogP contribution in [0.15, 0.2) is 35.0 Å². The van der Waals surface area contributed by atoms with Gasteiger partial charge in [0.1, 0.15) is 6.61 Å². The fourth-order valence-corrected chi connectivity index (χ4v) is 2.20. The summed E-state index contributed by atoms with van der Waals surface area (Å²) in [6.07, 6.45) is 1.85. The summed E-state index contributed by atoms with van der Waals surface area (Å²) < 4.78 is 11.9. The number of methoxy groups -OCH3 is 1. The Bertz CT molecular complexity index is 785. The van der Waals surface area contributed by atoms with Gasteiger partial charge in [0.2, 0.25) is 5.89 Å². The van der Waals surface area contributed by atoms with E-state index in [1.54, 1.807) is 11.8 Å². The van der Waals surface area contributed by atoms with Crippen LogP contribution in [0, 0.1) is 0 Å². The lowest BCUT2D eigenvalue weighted by Crippen LogP contribution is -2.18. The van der Waals surface area contributed by atoms with Gasteiger partial charge < -0.3 is 14.6 Å². The smallest absolute Gasteiger partial charge is 0.243 e. The third-order valence-electron chi connectivity index (χ3n) is 3.35. The Morgan fingerprint density at radius 2 is 2.12 bits per heavy atom. The van der Waals surface area contributed by atoms with Crippen molar-refractivity contribution in [3.05, 3.63) is 52.9 Å². The molecule has 24 heavy (non-hydrogen) atoms. The molecule has 0 spiro atoms. The zero-order chi connectivity index (χ0) is 16.9. The number of aromatic nitrogens is 5. The second-order valence-corrected chi connectivity index (χ2v) is 5.65. The molecule has 2 heterocycles. The van der Waals surface area contributed by atoms with Crippen LogP contribution in [0.3, 0.4) is 0 Å². The van der Waals surface area contributed by atoms with E-state index in [1.807, 2.05) is 37.4 Å². The first-order valence-corrected chi connectivity index (χ1v) is 7.75. The van der Waals surface area contributed by atoms with E-state index >= 15 is 0 Å². The van der Waals surface area contributed by atoms with Gasteiger partial charge in [0.05, 0.1) is 23.6 Å². The van der Waals surface area contributed by atoms with Crippen molar-refractivity contribution in [1.82, 2.24) is 30.5 Å². The van der Waals surface area contributed by atoms with Crippen molar-refractivity contribution in [1.29, 1.82) is 0 Å². The fraction of sp³-hybridized carbons (Fsp3) is 0.333. The van der Waals surface area contributed by atoms with Crippen molar-refractivity contribution < 1.29 is 9.26 Å². The summed E-state index contributed by atoms with van der Waals surface area (Å²) in [5, 5.41) is 16.0. The van der Waals surface area contributed by atoms with Gasteiger partial charge in [-0.3, -0.25) is 0 Å². The van der Waals surface area contributed by atoms with Crippen LogP contribution in [0.5, 0.6) is 0 Å². The molecule has 8 nitrogen and oxygen atoms in total. The molecule has 1 N–H and O–H groups in total. The Kier molecular flexibility index (Phi) is 5.19. The van der Waals surface area contributed by atoms with E-state index in [4.69, 9.17) is 20.9 Å². The highest BCUT2D eigenvalue weighted by Gasteiger charge is 2.14. The van der Waals surface area contributed by atoms with E-state index < -0.39 is 0 Å². The van der Waals surface area contributed by atoms with Gasteiger partial charge in [0, 0.05) is 18.7 Å². The molecule has 1 unspecified atom stereocenters. The second kappa shape index (κ2) is 7.52. The van der Waals surface area contributed by atoms with Crippen LogP contribution in [0.1, 0.15) is 30.4 Å². The molecule has 0 aliphatic carbocycles. The molecule has 1 aromatic carbocycles. The number of nitrogens with zero attached hydrogens (tertiary/aromatic N) is 5. The Balaban J connectivity index is 1.59. The maximum absolute atomic E-state index is 5.89. The summed E-state index contributed by atoms with van der Waals surface area (Å²) in [5.41, 5.74) is 1.70. The average Bonchev–Trinajstić information content (AvgIpc) is 3.23. The highest BCUT2D eigenvalue weighted by atomic mass is 35.5. The van der Waals surface area contributed by atoms with Gasteiger partial charge in [0.15, 0.2) is 5.82 Å². The van der Waals surface area contributed by atoms with Crippen LogP contribution < -0.4 is 5.32 Å². The van der Waals surface area contributed by atoms with E-state index in [0.717, 1.165) is 11.4 Å². The lowest BCUT2D eigenvalue weighted by atomic mass is 10.3. The predicted octanol–water partition coefficient (Wildman–Crippen LogP) is 2.30. The summed E-state index contributed by atoms with van der Waals surface area (Å²) in [4.78, 5) is 4.25. The zero-order valence-electron chi connectivity index (χ0n) is 13.3. The summed E-state index contributed by atoms with van der Waals surface area (Å²) >= 11 is 5.89. The molecule has 0 aliphatic heterocycles. The van der Waals surface area contributed by atoms with Crippen LogP contribution in [0.25, 0.3) is 5.69 Å². The van der Waals surface area contributed by atoms with Gasteiger partial charge in [-0.1, -0.05) is 22.0 Å². The van der Waals surface area contributed by atoms with E-state index in [2.05, 4.69) is 25.8 Å². The van der Waals surface area contributed by atoms with Gasteiger partial charge in [-0.2, -0.15) is 4.98 Å². The zero-order valence-corrected chi connectivity index (χ0v) is 14.1. The summed E-state index contributed by atoms with van der Waals surface area (Å²) in [5.74, 6) is 1.03. The first-order valence-electron chi connectivity index (χ1n) is 7.37. The molecule has 0 saturated heterocycles. The minimum absolute atomic E-state index is 0.108. The molecule has 0 radical (unpaired) electrons. The molecule has 9 heteroatoms. The first-order chi connectivity index (χ1) is 11.7. The van der Waals surface area contributed by atoms with Crippen LogP contribution in [-0.4, -0.2) is 32.2 Å². The van der Waals surface area contributed by atoms with Crippen LogP contribution in [-0.2, 0) is 17.9 Å². The minimum atomic E-state index is -0.108. The molecular weight excluding hydrogens is 332 g/mol. The molecule has 0 aliphatic rings. The number of halogens is 1. The number of nitrogens with one attached hydrogen (secondary N) is 1. The highest BCUT2D eigenvalue weighted by Crippen LogP contribution is 2.14. The lowest BCUT2D eigenvalue weighted by Gasteiger charge is -2.06. The number of rotatable bonds is 7. The highest BCUT2D eigenvalue weighted by molar-refractivity contribution is 6.30. The van der Waals surface area contributed by atoms with Gasteiger partial charge in [-0.05, 0) is 31.2 Å². The van der Waals surface area contributed by atoms with Crippen molar-refractivity contribution in [3.63, 3.8) is 0 Å². The Morgan fingerprint density at radius 3 is 2.88 bits per heavy atom. The van der Waals surface area contributed by atoms with Gasteiger partial charge in [-0.25, -0.2) is 4.68 Å². The monoisotopic (exact) mass is 348 g/mol. The van der Waals surface area contributed by atoms with Crippen molar-refractivity contribution in [2.75, 3.05) is 7.11 Å². The number of hydrogen-bond donors (Lipinski definition) is 1. The molecular formula is C15H17ClN6O2. The predicted molar refractivity (Wildman–Crippen MR) is 86.6 cm³/mol. The van der Waals surface area contributed by atoms with Crippen LogP contribution >= 0.6 is 11.6 Å². The van der Waals surface area contributed by atoms with E-state index in [0.29, 0.717) is 29.9 Å². The minimum Gasteiger partial charge on any atom is -0.377 e. The molecule has 126 valence electrons. The average molecular weight is 349 g/mol. The summed E-state index contributed by atoms with van der Waals surface area (Å²) in [6, 6.07) is 7.28. The second-order valence-electron chi connectivity index (χ2n) is 5.22. The third kappa shape index (κ3) is 3.97. The molecule has 0 bridgehead atoms. The summed E-state index contributed by atoms with van der Waals surface area (Å²) in [7, 11) is 1.59. The quantitative estimate of drug-likeness (QED) is 0.700. The van der Waals surface area contributed by atoms with Crippen LogP contribution in [0.4, 0.5) is 0 Å². The molecule has 0 amide bonds. The number of hydrogen-bond acceptors (Lipinski definition) is 7. The van der Waals surface area contributed by atoms with Crippen molar-refractivity contribution >= 4 is 11.6 Å². The normalized spacial score (nSPS) is 12.5. The van der Waals surface area contributed by atoms with E-state index in [1.165, 1.54) is 0 Å². The van der Waals surface area contributed by atoms with Crippen molar-refractivity contribution in [2.24, 2.45) is 0 Å². The standard InChI is InChI=1S/C15H17ClN6O2/c1-10(15-18-14(9-23-2)20-24-15)17-7-12-8-22(21-19-12)13-5-3-11(16)4-6-13/h3-6,8,10,17H,7,9H2,1-2H3. The van der Waals surface area contributed by atoms with Crippen molar-refractivity contribution in [3.8, 4) is 5.69 Å². The lowest BCUT2D eigenvalue weighted by molar-refractivity contribution is 0.174. The Labute approximate surface area is 143 Å². The number of ether oxygens (including phenoxy) is 1. The van der Waals surface area contributed by atoms with Crippen LogP contribution in [0.2, 0.25) is 5.02 Å². The molecule has 0 fully saturated rings. The van der Waals surface area contributed by atoms with Gasteiger partial charge in [0.25, 0.3) is 0 Å². The van der Waals surface area contributed by atoms with Gasteiger partial charge in [-0.15, -0.1) is 5.10 Å². The molecule has 0 saturated carbocycles. The fourth-order valence-electron chi connectivity index (χ4n) is 2.08. The van der Waals surface area contributed by atoms with E-state index in [9.17, 15) is 0 Å². The Hall–Kier alpha value is -2.29. The molecule has 1 atom stereocenters. The van der Waals surface area contributed by atoms with Gasteiger partial charge >= 0.3 is 0 Å². The molecule has 3 aromatic rings. The number of benzene rings is 1. The topological polar surface area (TPSA) is 90.9 Å². The first kappa shape index (κ1) is 16.6. The van der Waals surface area contributed by atoms with Crippen molar-refractivity contribution in [2.45, 2.75) is 26.1 Å². The molecule has 3 rings (SSSR count).